The first-order valence-corrected chi connectivity index (χ1v) is 5.47. The van der Waals surface area contributed by atoms with Gasteiger partial charge in [-0.05, 0) is 17.8 Å². The molecule has 0 radical (unpaired) electrons. The van der Waals surface area contributed by atoms with Gasteiger partial charge in [-0.15, -0.1) is 0 Å². The van der Waals surface area contributed by atoms with E-state index >= 15 is 0 Å². The van der Waals surface area contributed by atoms with Gasteiger partial charge < -0.3 is 4.74 Å². The van der Waals surface area contributed by atoms with Crippen molar-refractivity contribution >= 4 is 5.97 Å². The first-order chi connectivity index (χ1) is 6.30. The summed E-state index contributed by atoms with van der Waals surface area (Å²) in [6.45, 7) is 12.9. The fourth-order valence-electron chi connectivity index (χ4n) is 0.772. The number of carbonyl (C=O) groups is 1. The second kappa shape index (κ2) is 5.38. The molecule has 0 bridgehead atoms. The van der Waals surface area contributed by atoms with Gasteiger partial charge in [0, 0.05) is 0 Å². The van der Waals surface area contributed by atoms with Crippen LogP contribution >= 0.6 is 0 Å². The Morgan fingerprint density at radius 1 is 1.29 bits per heavy atom. The summed E-state index contributed by atoms with van der Waals surface area (Å²) in [6.07, 6.45) is 1.02. The highest BCUT2D eigenvalue weighted by Crippen LogP contribution is 2.21. The molecule has 0 saturated heterocycles. The summed E-state index contributed by atoms with van der Waals surface area (Å²) in [6, 6.07) is 0. The molecule has 0 aromatic carbocycles. The van der Waals surface area contributed by atoms with Gasteiger partial charge in [-0.25, -0.2) is 0 Å². The Morgan fingerprint density at radius 2 is 1.79 bits per heavy atom. The molecule has 0 aliphatic rings. The van der Waals surface area contributed by atoms with Gasteiger partial charge in [0.2, 0.25) is 0 Å². The van der Waals surface area contributed by atoms with Crippen LogP contribution in [0, 0.1) is 17.3 Å². The summed E-state index contributed by atoms with van der Waals surface area (Å²) < 4.78 is 5.28. The Balaban J connectivity index is 3.97. The lowest BCUT2D eigenvalue weighted by Crippen LogP contribution is -2.26. The lowest BCUT2D eigenvalue weighted by Gasteiger charge is -2.23. The van der Waals surface area contributed by atoms with Crippen LogP contribution in [0.15, 0.2) is 0 Å². The van der Waals surface area contributed by atoms with Crippen LogP contribution in [0.25, 0.3) is 0 Å². The Labute approximate surface area is 88.0 Å². The molecule has 0 aliphatic heterocycles. The molecule has 2 heteroatoms. The molecule has 0 heterocycles. The number of rotatable bonds is 5. The molecular formula is C12H24O2. The molecule has 1 atom stereocenters. The van der Waals surface area contributed by atoms with Crippen molar-refractivity contribution in [3.05, 3.63) is 0 Å². The van der Waals surface area contributed by atoms with E-state index in [1.54, 1.807) is 0 Å². The maximum absolute atomic E-state index is 11.5. The maximum Gasteiger partial charge on any atom is 0.308 e. The first-order valence-electron chi connectivity index (χ1n) is 5.47. The predicted molar refractivity (Wildman–Crippen MR) is 59.0 cm³/mol. The van der Waals surface area contributed by atoms with Crippen LogP contribution in [-0.4, -0.2) is 12.6 Å². The van der Waals surface area contributed by atoms with Crippen molar-refractivity contribution in [2.45, 2.75) is 48.0 Å². The smallest absolute Gasteiger partial charge is 0.308 e. The lowest BCUT2D eigenvalue weighted by molar-refractivity contribution is -0.152. The molecule has 0 spiro atoms. The highest BCUT2D eigenvalue weighted by Gasteiger charge is 2.22. The van der Waals surface area contributed by atoms with Crippen LogP contribution in [0.2, 0.25) is 0 Å². The molecule has 14 heavy (non-hydrogen) atoms. The standard InChI is InChI=1S/C12H24O2/c1-7-12(5,6)8-14-11(13)10(4)9(2)3/h9-10H,7-8H2,1-6H3. The second-order valence-electron chi connectivity index (χ2n) is 5.16. The SMILES string of the molecule is CCC(C)(C)COC(=O)C(C)C(C)C. The van der Waals surface area contributed by atoms with Gasteiger partial charge in [0.1, 0.15) is 0 Å². The number of ether oxygens (including phenoxy) is 1. The van der Waals surface area contributed by atoms with Crippen molar-refractivity contribution in [2.24, 2.45) is 17.3 Å². The number of hydrogen-bond acceptors (Lipinski definition) is 2. The molecule has 0 aromatic heterocycles. The van der Waals surface area contributed by atoms with Gasteiger partial charge in [-0.1, -0.05) is 41.5 Å². The van der Waals surface area contributed by atoms with E-state index < -0.39 is 0 Å². The van der Waals surface area contributed by atoms with E-state index in [4.69, 9.17) is 4.74 Å². The Kier molecular flexibility index (Phi) is 5.17. The lowest BCUT2D eigenvalue weighted by atomic mass is 9.91. The fraction of sp³-hybridized carbons (Fsp3) is 0.917. The molecular weight excluding hydrogens is 176 g/mol. The highest BCUT2D eigenvalue weighted by atomic mass is 16.5. The third kappa shape index (κ3) is 4.64. The minimum absolute atomic E-state index is 0.00246. The average molecular weight is 200 g/mol. The van der Waals surface area contributed by atoms with E-state index in [-0.39, 0.29) is 17.3 Å². The molecule has 84 valence electrons. The van der Waals surface area contributed by atoms with Crippen molar-refractivity contribution in [2.75, 3.05) is 6.61 Å². The van der Waals surface area contributed by atoms with Gasteiger partial charge in [0.05, 0.1) is 12.5 Å². The van der Waals surface area contributed by atoms with Gasteiger partial charge in [0.25, 0.3) is 0 Å². The number of esters is 1. The van der Waals surface area contributed by atoms with Crippen molar-refractivity contribution in [3.8, 4) is 0 Å². The highest BCUT2D eigenvalue weighted by molar-refractivity contribution is 5.72. The molecule has 2 nitrogen and oxygen atoms in total. The molecule has 0 amide bonds. The average Bonchev–Trinajstić information content (AvgIpc) is 2.13. The zero-order valence-electron chi connectivity index (χ0n) is 10.4. The molecule has 0 fully saturated rings. The van der Waals surface area contributed by atoms with Crippen LogP contribution in [0.3, 0.4) is 0 Å². The molecule has 0 rings (SSSR count). The summed E-state index contributed by atoms with van der Waals surface area (Å²) in [5, 5.41) is 0. The number of carbonyl (C=O) groups excluding carboxylic acids is 1. The van der Waals surface area contributed by atoms with E-state index in [9.17, 15) is 4.79 Å². The minimum atomic E-state index is -0.0680. The zero-order chi connectivity index (χ0) is 11.4. The summed E-state index contributed by atoms with van der Waals surface area (Å²) in [4.78, 5) is 11.5. The molecule has 0 saturated carbocycles. The first kappa shape index (κ1) is 13.5. The van der Waals surface area contributed by atoms with E-state index in [1.807, 2.05) is 20.8 Å². The summed E-state index contributed by atoms with van der Waals surface area (Å²) in [7, 11) is 0. The Morgan fingerprint density at radius 3 is 2.14 bits per heavy atom. The largest absolute Gasteiger partial charge is 0.465 e. The van der Waals surface area contributed by atoms with Gasteiger partial charge in [0.15, 0.2) is 0 Å². The third-order valence-corrected chi connectivity index (χ3v) is 2.93. The van der Waals surface area contributed by atoms with E-state index in [1.165, 1.54) is 0 Å². The number of hydrogen-bond donors (Lipinski definition) is 0. The minimum Gasteiger partial charge on any atom is -0.465 e. The molecule has 1 unspecified atom stereocenters. The van der Waals surface area contributed by atoms with E-state index in [0.717, 1.165) is 6.42 Å². The van der Waals surface area contributed by atoms with Gasteiger partial charge in [-0.2, -0.15) is 0 Å². The van der Waals surface area contributed by atoms with Gasteiger partial charge in [-0.3, -0.25) is 4.79 Å². The quantitative estimate of drug-likeness (QED) is 0.637. The van der Waals surface area contributed by atoms with Crippen LogP contribution in [0.4, 0.5) is 0 Å². The van der Waals surface area contributed by atoms with E-state index in [2.05, 4.69) is 20.8 Å². The van der Waals surface area contributed by atoms with Crippen molar-refractivity contribution in [1.82, 2.24) is 0 Å². The normalized spacial score (nSPS) is 14.2. The topological polar surface area (TPSA) is 26.3 Å². The monoisotopic (exact) mass is 200 g/mol. The molecule has 0 N–H and O–H groups in total. The van der Waals surface area contributed by atoms with Gasteiger partial charge >= 0.3 is 5.97 Å². The predicted octanol–water partition coefficient (Wildman–Crippen LogP) is 3.26. The fourth-order valence-corrected chi connectivity index (χ4v) is 0.772. The van der Waals surface area contributed by atoms with Crippen LogP contribution in [0.5, 0.6) is 0 Å². The zero-order valence-corrected chi connectivity index (χ0v) is 10.4. The van der Waals surface area contributed by atoms with E-state index in [0.29, 0.717) is 12.5 Å². The summed E-state index contributed by atoms with van der Waals surface area (Å²) in [5.41, 5.74) is 0.104. The van der Waals surface area contributed by atoms with Crippen molar-refractivity contribution in [1.29, 1.82) is 0 Å². The summed E-state index contributed by atoms with van der Waals surface area (Å²) in [5.74, 6) is 0.288. The second-order valence-corrected chi connectivity index (χ2v) is 5.16. The Hall–Kier alpha value is -0.530. The van der Waals surface area contributed by atoms with Crippen LogP contribution in [-0.2, 0) is 9.53 Å². The van der Waals surface area contributed by atoms with Crippen LogP contribution in [0.1, 0.15) is 48.0 Å². The molecule has 0 aromatic rings. The van der Waals surface area contributed by atoms with Crippen LogP contribution < -0.4 is 0 Å². The van der Waals surface area contributed by atoms with Crippen molar-refractivity contribution < 1.29 is 9.53 Å². The summed E-state index contributed by atoms with van der Waals surface area (Å²) >= 11 is 0. The Bertz CT molecular complexity index is 183. The third-order valence-electron chi connectivity index (χ3n) is 2.93. The maximum atomic E-state index is 11.5. The van der Waals surface area contributed by atoms with Crippen molar-refractivity contribution in [3.63, 3.8) is 0 Å². The molecule has 0 aliphatic carbocycles.